The van der Waals surface area contributed by atoms with Gasteiger partial charge < -0.3 is 5.11 Å². The van der Waals surface area contributed by atoms with Crippen molar-refractivity contribution in [2.24, 2.45) is 5.41 Å². The van der Waals surface area contributed by atoms with Gasteiger partial charge in [-0.05, 0) is 31.4 Å². The van der Waals surface area contributed by atoms with Crippen molar-refractivity contribution in [2.45, 2.75) is 45.7 Å². The van der Waals surface area contributed by atoms with E-state index < -0.39 is 11.5 Å². The van der Waals surface area contributed by atoms with E-state index in [1.54, 1.807) is 11.8 Å². The molecule has 1 saturated heterocycles. The van der Waals surface area contributed by atoms with E-state index in [1.807, 2.05) is 13.8 Å². The van der Waals surface area contributed by atoms with Crippen LogP contribution in [0, 0.1) is 5.41 Å². The van der Waals surface area contributed by atoms with Crippen LogP contribution in [-0.2, 0) is 4.79 Å². The summed E-state index contributed by atoms with van der Waals surface area (Å²) in [6.45, 7) is 8.10. The topological polar surface area (TPSA) is 49.3 Å². The fourth-order valence-electron chi connectivity index (χ4n) is 2.10. The molecule has 0 aromatic heterocycles. The Balaban J connectivity index is 3.01. The lowest BCUT2D eigenvalue weighted by Gasteiger charge is -2.48. The van der Waals surface area contributed by atoms with Crippen LogP contribution in [0.2, 0.25) is 0 Å². The number of carboxylic acids is 1. The lowest BCUT2D eigenvalue weighted by Crippen LogP contribution is -2.66. The molecule has 0 aromatic rings. The molecule has 1 unspecified atom stereocenters. The van der Waals surface area contributed by atoms with Crippen LogP contribution in [0.15, 0.2) is 0 Å². The molecule has 1 atom stereocenters. The minimum atomic E-state index is -0.774. The second kappa shape index (κ2) is 4.34. The zero-order valence-electron chi connectivity index (χ0n) is 9.96. The highest BCUT2D eigenvalue weighted by atomic mass is 32.2. The highest BCUT2D eigenvalue weighted by Crippen LogP contribution is 2.42. The summed E-state index contributed by atoms with van der Waals surface area (Å²) in [5, 5.41) is 12.8. The Hall–Kier alpha value is -0.220. The number of nitrogens with one attached hydrogen (secondary N) is 1. The summed E-state index contributed by atoms with van der Waals surface area (Å²) < 4.78 is 0. The fourth-order valence-corrected chi connectivity index (χ4v) is 3.81. The third kappa shape index (κ3) is 2.31. The van der Waals surface area contributed by atoms with Crippen LogP contribution < -0.4 is 5.32 Å². The summed E-state index contributed by atoms with van der Waals surface area (Å²) in [4.78, 5) is 11.6. The van der Waals surface area contributed by atoms with Crippen LogP contribution in [0.3, 0.4) is 0 Å². The summed E-state index contributed by atoms with van der Waals surface area (Å²) >= 11 is 1.73. The number of hydrogen-bond acceptors (Lipinski definition) is 3. The first-order chi connectivity index (χ1) is 6.82. The number of rotatable bonds is 3. The predicted octanol–water partition coefficient (Wildman–Crippen LogP) is 1.97. The van der Waals surface area contributed by atoms with Crippen LogP contribution in [-0.4, -0.2) is 34.2 Å². The molecule has 1 aliphatic rings. The third-order valence-corrected chi connectivity index (χ3v) is 4.38. The van der Waals surface area contributed by atoms with Gasteiger partial charge in [-0.3, -0.25) is 10.1 Å². The van der Waals surface area contributed by atoms with Gasteiger partial charge >= 0.3 is 5.97 Å². The zero-order chi connectivity index (χ0) is 11.7. The Morgan fingerprint density at radius 2 is 2.07 bits per heavy atom. The molecule has 0 saturated carbocycles. The molecule has 1 rings (SSSR count). The maximum absolute atomic E-state index is 11.6. The fraction of sp³-hybridized carbons (Fsp3) is 0.909. The molecule has 0 aliphatic carbocycles. The summed E-state index contributed by atoms with van der Waals surface area (Å²) in [6.07, 6.45) is 0.948. The van der Waals surface area contributed by atoms with Crippen molar-refractivity contribution in [2.75, 3.05) is 11.5 Å². The Morgan fingerprint density at radius 1 is 1.47 bits per heavy atom. The van der Waals surface area contributed by atoms with Crippen molar-refractivity contribution >= 4 is 17.7 Å². The van der Waals surface area contributed by atoms with E-state index in [0.717, 1.165) is 12.2 Å². The second-order valence-electron chi connectivity index (χ2n) is 5.20. The van der Waals surface area contributed by atoms with Crippen LogP contribution >= 0.6 is 11.8 Å². The van der Waals surface area contributed by atoms with Crippen molar-refractivity contribution in [1.29, 1.82) is 0 Å². The molecule has 0 amide bonds. The maximum atomic E-state index is 11.6. The molecule has 0 aromatic carbocycles. The molecule has 88 valence electrons. The lowest BCUT2D eigenvalue weighted by molar-refractivity contribution is -0.150. The Morgan fingerprint density at radius 3 is 2.47 bits per heavy atom. The summed E-state index contributed by atoms with van der Waals surface area (Å²) in [6, 6.07) is 0.194. The first-order valence-corrected chi connectivity index (χ1v) is 6.56. The maximum Gasteiger partial charge on any atom is 0.325 e. The first kappa shape index (κ1) is 12.8. The molecule has 0 spiro atoms. The molecular formula is C11H21NO2S. The number of aliphatic carboxylic acids is 1. The average Bonchev–Trinajstić information content (AvgIpc) is 2.07. The minimum Gasteiger partial charge on any atom is -0.480 e. The van der Waals surface area contributed by atoms with Crippen molar-refractivity contribution in [3.63, 3.8) is 0 Å². The Kier molecular flexibility index (Phi) is 3.71. The summed E-state index contributed by atoms with van der Waals surface area (Å²) in [5.74, 6) is 1.00. The van der Waals surface area contributed by atoms with E-state index in [0.29, 0.717) is 5.75 Å². The number of carboxylic acid groups (broad SMARTS) is 1. The highest BCUT2D eigenvalue weighted by Gasteiger charge is 2.53. The van der Waals surface area contributed by atoms with E-state index in [2.05, 4.69) is 19.2 Å². The monoisotopic (exact) mass is 231 g/mol. The van der Waals surface area contributed by atoms with Gasteiger partial charge in [0.1, 0.15) is 5.54 Å². The molecule has 3 nitrogen and oxygen atoms in total. The number of hydrogen-bond donors (Lipinski definition) is 2. The molecule has 1 aliphatic heterocycles. The third-order valence-electron chi connectivity index (χ3n) is 3.25. The van der Waals surface area contributed by atoms with E-state index >= 15 is 0 Å². The Bertz CT molecular complexity index is 253. The van der Waals surface area contributed by atoms with Gasteiger partial charge in [-0.2, -0.15) is 11.8 Å². The summed E-state index contributed by atoms with van der Waals surface area (Å²) in [7, 11) is 0. The van der Waals surface area contributed by atoms with Gasteiger partial charge in [0.15, 0.2) is 0 Å². The van der Waals surface area contributed by atoms with Crippen molar-refractivity contribution in [1.82, 2.24) is 5.32 Å². The predicted molar refractivity (Wildman–Crippen MR) is 64.4 cm³/mol. The van der Waals surface area contributed by atoms with Gasteiger partial charge in [0.05, 0.1) is 0 Å². The van der Waals surface area contributed by atoms with Gasteiger partial charge in [0, 0.05) is 11.8 Å². The number of carbonyl (C=O) groups is 1. The van der Waals surface area contributed by atoms with Gasteiger partial charge in [-0.1, -0.05) is 13.8 Å². The van der Waals surface area contributed by atoms with Gasteiger partial charge in [-0.15, -0.1) is 0 Å². The normalized spacial score (nSPS) is 30.5. The average molecular weight is 231 g/mol. The van der Waals surface area contributed by atoms with E-state index in [4.69, 9.17) is 0 Å². The van der Waals surface area contributed by atoms with Crippen LogP contribution in [0.4, 0.5) is 0 Å². The molecule has 1 fully saturated rings. The van der Waals surface area contributed by atoms with E-state index in [1.165, 1.54) is 0 Å². The molecule has 2 N–H and O–H groups in total. The van der Waals surface area contributed by atoms with Gasteiger partial charge in [0.25, 0.3) is 0 Å². The molecule has 1 heterocycles. The van der Waals surface area contributed by atoms with E-state index in [9.17, 15) is 9.90 Å². The largest absolute Gasteiger partial charge is 0.480 e. The molecule has 4 heteroatoms. The minimum absolute atomic E-state index is 0.186. The van der Waals surface area contributed by atoms with E-state index in [-0.39, 0.29) is 11.5 Å². The smallest absolute Gasteiger partial charge is 0.325 e. The van der Waals surface area contributed by atoms with Crippen molar-refractivity contribution in [3.05, 3.63) is 0 Å². The molecular weight excluding hydrogens is 210 g/mol. The second-order valence-corrected chi connectivity index (χ2v) is 6.30. The van der Waals surface area contributed by atoms with Crippen LogP contribution in [0.5, 0.6) is 0 Å². The summed E-state index contributed by atoms with van der Waals surface area (Å²) in [5.41, 5.74) is -0.960. The Labute approximate surface area is 96.0 Å². The molecule has 0 radical (unpaired) electrons. The van der Waals surface area contributed by atoms with Gasteiger partial charge in [0.2, 0.25) is 0 Å². The SMILES string of the molecule is CC(C)NC1(C(=O)O)CSCCC1(C)C. The first-order valence-electron chi connectivity index (χ1n) is 5.41. The van der Waals surface area contributed by atoms with Crippen LogP contribution in [0.1, 0.15) is 34.1 Å². The molecule has 0 bridgehead atoms. The van der Waals surface area contributed by atoms with Gasteiger partial charge in [-0.25, -0.2) is 0 Å². The molecule has 15 heavy (non-hydrogen) atoms. The van der Waals surface area contributed by atoms with Crippen molar-refractivity contribution in [3.8, 4) is 0 Å². The van der Waals surface area contributed by atoms with Crippen molar-refractivity contribution < 1.29 is 9.90 Å². The van der Waals surface area contributed by atoms with Crippen LogP contribution in [0.25, 0.3) is 0 Å². The number of thioether (sulfide) groups is 1. The quantitative estimate of drug-likeness (QED) is 0.779. The zero-order valence-corrected chi connectivity index (χ0v) is 10.8. The lowest BCUT2D eigenvalue weighted by atomic mass is 9.70. The standard InChI is InChI=1S/C11H21NO2S/c1-8(2)12-11(9(13)14)7-15-6-5-10(11,3)4/h8,12H,5-7H2,1-4H3,(H,13,14). The highest BCUT2D eigenvalue weighted by molar-refractivity contribution is 7.99.